The van der Waals surface area contributed by atoms with Crippen molar-refractivity contribution in [1.29, 1.82) is 0 Å². The SMILES string of the molecule is CN(C(=O)COC(=O)/C=C/c1cn(-c2ccccc2)nc1-c1ccc2c(c1)OCCO2)[C@@H]1CCS(=O)(=O)C1. The third-order valence-electron chi connectivity index (χ3n) is 6.47. The first kappa shape index (κ1) is 25.5. The molecule has 0 bridgehead atoms. The summed E-state index contributed by atoms with van der Waals surface area (Å²) < 4.78 is 41.6. The first-order valence-corrected chi connectivity index (χ1v) is 14.0. The van der Waals surface area contributed by atoms with Gasteiger partial charge in [-0.2, -0.15) is 5.10 Å². The summed E-state index contributed by atoms with van der Waals surface area (Å²) >= 11 is 0. The van der Waals surface area contributed by atoms with Gasteiger partial charge in [0.15, 0.2) is 27.9 Å². The number of nitrogens with zero attached hydrogens (tertiary/aromatic N) is 3. The van der Waals surface area contributed by atoms with Crippen molar-refractivity contribution in [3.05, 3.63) is 66.4 Å². The first-order valence-electron chi connectivity index (χ1n) is 12.1. The van der Waals surface area contributed by atoms with Crippen LogP contribution < -0.4 is 9.47 Å². The number of carbonyl (C=O) groups excluding carboxylic acids is 2. The molecule has 2 aliphatic heterocycles. The van der Waals surface area contributed by atoms with E-state index in [1.807, 2.05) is 48.5 Å². The van der Waals surface area contributed by atoms with Crippen LogP contribution in [-0.4, -0.2) is 79.4 Å². The molecule has 0 N–H and O–H groups in total. The lowest BCUT2D eigenvalue weighted by Gasteiger charge is -2.22. The molecule has 198 valence electrons. The van der Waals surface area contributed by atoms with Crippen molar-refractivity contribution < 1.29 is 32.2 Å². The molecule has 3 heterocycles. The zero-order chi connectivity index (χ0) is 26.7. The van der Waals surface area contributed by atoms with Gasteiger partial charge < -0.3 is 19.1 Å². The van der Waals surface area contributed by atoms with Gasteiger partial charge in [-0.3, -0.25) is 4.79 Å². The van der Waals surface area contributed by atoms with Crippen LogP contribution in [0.2, 0.25) is 0 Å². The van der Waals surface area contributed by atoms with Crippen LogP contribution in [0.5, 0.6) is 11.5 Å². The summed E-state index contributed by atoms with van der Waals surface area (Å²) in [4.78, 5) is 26.2. The van der Waals surface area contributed by atoms with E-state index in [0.717, 1.165) is 11.3 Å². The highest BCUT2D eigenvalue weighted by atomic mass is 32.2. The number of aromatic nitrogens is 2. The van der Waals surface area contributed by atoms with Gasteiger partial charge in [0.1, 0.15) is 18.9 Å². The molecule has 11 heteroatoms. The van der Waals surface area contributed by atoms with Gasteiger partial charge in [-0.1, -0.05) is 18.2 Å². The molecule has 1 atom stereocenters. The second-order valence-corrected chi connectivity index (χ2v) is 11.3. The van der Waals surface area contributed by atoms with Crippen LogP contribution in [0.25, 0.3) is 23.0 Å². The van der Waals surface area contributed by atoms with Crippen LogP contribution in [0.3, 0.4) is 0 Å². The molecule has 1 saturated heterocycles. The predicted octanol–water partition coefficient (Wildman–Crippen LogP) is 2.51. The Morgan fingerprint density at radius 3 is 2.63 bits per heavy atom. The molecule has 1 aromatic heterocycles. The quantitative estimate of drug-likeness (QED) is 0.333. The zero-order valence-electron chi connectivity index (χ0n) is 20.8. The Kier molecular flexibility index (Phi) is 7.19. The lowest BCUT2D eigenvalue weighted by molar-refractivity contribution is -0.148. The van der Waals surface area contributed by atoms with E-state index in [0.29, 0.717) is 42.4 Å². The van der Waals surface area contributed by atoms with Crippen molar-refractivity contribution in [1.82, 2.24) is 14.7 Å². The van der Waals surface area contributed by atoms with E-state index >= 15 is 0 Å². The van der Waals surface area contributed by atoms with Crippen LogP contribution in [0.1, 0.15) is 12.0 Å². The van der Waals surface area contributed by atoms with Crippen LogP contribution in [0.15, 0.2) is 60.8 Å². The first-order chi connectivity index (χ1) is 18.3. The maximum Gasteiger partial charge on any atom is 0.331 e. The predicted molar refractivity (Wildman–Crippen MR) is 140 cm³/mol. The van der Waals surface area contributed by atoms with Crippen molar-refractivity contribution in [3.8, 4) is 28.4 Å². The second-order valence-electron chi connectivity index (χ2n) is 9.07. The number of amides is 1. The van der Waals surface area contributed by atoms with E-state index in [4.69, 9.17) is 19.3 Å². The van der Waals surface area contributed by atoms with E-state index in [2.05, 4.69) is 0 Å². The fourth-order valence-corrected chi connectivity index (χ4v) is 6.14. The van der Waals surface area contributed by atoms with Crippen molar-refractivity contribution in [2.45, 2.75) is 12.5 Å². The standard InChI is InChI=1S/C27H27N3O7S/c1-29(22-11-14-38(33,34)18-22)25(31)17-37-26(32)10-8-20-16-30(21-5-3-2-4-6-21)28-27(20)19-7-9-23-24(15-19)36-13-12-35-23/h2-10,15-16,22H,11-14,17-18H2,1H3/b10-8+/t22-/m1/s1. The van der Waals surface area contributed by atoms with Gasteiger partial charge in [-0.05, 0) is 42.8 Å². The molecule has 1 fully saturated rings. The Balaban J connectivity index is 1.32. The number of esters is 1. The number of benzene rings is 2. The van der Waals surface area contributed by atoms with E-state index in [1.165, 1.54) is 18.0 Å². The Morgan fingerprint density at radius 2 is 1.89 bits per heavy atom. The second kappa shape index (κ2) is 10.7. The lowest BCUT2D eigenvalue weighted by atomic mass is 10.1. The fraction of sp³-hybridized carbons (Fsp3) is 0.296. The Labute approximate surface area is 220 Å². The number of hydrogen-bond donors (Lipinski definition) is 0. The molecule has 0 unspecified atom stereocenters. The third kappa shape index (κ3) is 5.72. The van der Waals surface area contributed by atoms with Gasteiger partial charge in [0.2, 0.25) is 0 Å². The van der Waals surface area contributed by atoms with Crippen LogP contribution in [0.4, 0.5) is 0 Å². The highest BCUT2D eigenvalue weighted by Gasteiger charge is 2.32. The van der Waals surface area contributed by atoms with Gasteiger partial charge in [0.25, 0.3) is 5.91 Å². The largest absolute Gasteiger partial charge is 0.486 e. The summed E-state index contributed by atoms with van der Waals surface area (Å²) in [6.07, 6.45) is 5.00. The Morgan fingerprint density at radius 1 is 1.13 bits per heavy atom. The lowest BCUT2D eigenvalue weighted by Crippen LogP contribution is -2.40. The minimum Gasteiger partial charge on any atom is -0.486 e. The number of rotatable bonds is 7. The number of ether oxygens (including phenoxy) is 3. The van der Waals surface area contributed by atoms with Gasteiger partial charge in [-0.15, -0.1) is 0 Å². The van der Waals surface area contributed by atoms with Crippen molar-refractivity contribution in [2.75, 3.05) is 38.4 Å². The van der Waals surface area contributed by atoms with E-state index < -0.39 is 34.4 Å². The van der Waals surface area contributed by atoms with Gasteiger partial charge in [0, 0.05) is 36.5 Å². The molecule has 3 aromatic rings. The minimum absolute atomic E-state index is 0.0557. The monoisotopic (exact) mass is 537 g/mol. The molecule has 0 saturated carbocycles. The summed E-state index contributed by atoms with van der Waals surface area (Å²) in [7, 11) is -1.61. The number of carbonyl (C=O) groups is 2. The van der Waals surface area contributed by atoms with E-state index in [-0.39, 0.29) is 11.5 Å². The smallest absolute Gasteiger partial charge is 0.331 e. The Hall–Kier alpha value is -4.12. The topological polar surface area (TPSA) is 117 Å². The Bertz CT molecular complexity index is 1480. The molecular formula is C27H27N3O7S. The molecule has 0 spiro atoms. The normalized spacial score (nSPS) is 17.9. The van der Waals surface area contributed by atoms with Crippen LogP contribution in [-0.2, 0) is 24.2 Å². The van der Waals surface area contributed by atoms with Crippen molar-refractivity contribution in [3.63, 3.8) is 0 Å². The maximum absolute atomic E-state index is 12.4. The molecular weight excluding hydrogens is 510 g/mol. The van der Waals surface area contributed by atoms with Gasteiger partial charge in [-0.25, -0.2) is 17.9 Å². The molecule has 5 rings (SSSR count). The highest BCUT2D eigenvalue weighted by molar-refractivity contribution is 7.91. The van der Waals surface area contributed by atoms with Crippen LogP contribution in [0, 0.1) is 0 Å². The van der Waals surface area contributed by atoms with Crippen molar-refractivity contribution >= 4 is 27.8 Å². The summed E-state index contributed by atoms with van der Waals surface area (Å²) in [5.74, 6) is 0.106. The fourth-order valence-electron chi connectivity index (χ4n) is 4.36. The maximum atomic E-state index is 12.4. The molecule has 0 radical (unpaired) electrons. The number of fused-ring (bicyclic) bond motifs is 1. The summed E-state index contributed by atoms with van der Waals surface area (Å²) in [5, 5.41) is 4.74. The van der Waals surface area contributed by atoms with Crippen LogP contribution >= 0.6 is 0 Å². The van der Waals surface area contributed by atoms with E-state index in [9.17, 15) is 18.0 Å². The zero-order valence-corrected chi connectivity index (χ0v) is 21.6. The summed E-state index contributed by atoms with van der Waals surface area (Å²) in [6.45, 7) is 0.468. The molecule has 38 heavy (non-hydrogen) atoms. The number of sulfone groups is 1. The van der Waals surface area contributed by atoms with Gasteiger partial charge in [0.05, 0.1) is 17.2 Å². The summed E-state index contributed by atoms with van der Waals surface area (Å²) in [5.41, 5.74) is 2.89. The van der Waals surface area contributed by atoms with Gasteiger partial charge >= 0.3 is 5.97 Å². The minimum atomic E-state index is -3.13. The van der Waals surface area contributed by atoms with E-state index in [1.54, 1.807) is 17.0 Å². The number of para-hydroxylation sites is 1. The molecule has 10 nitrogen and oxygen atoms in total. The average molecular weight is 538 g/mol. The summed E-state index contributed by atoms with van der Waals surface area (Å²) in [6, 6.07) is 14.7. The molecule has 0 aliphatic carbocycles. The third-order valence-corrected chi connectivity index (χ3v) is 8.22. The number of likely N-dealkylation sites (N-methyl/N-ethyl adjacent to an activating group) is 1. The molecule has 2 aromatic carbocycles. The highest BCUT2D eigenvalue weighted by Crippen LogP contribution is 2.35. The van der Waals surface area contributed by atoms with Crippen molar-refractivity contribution in [2.24, 2.45) is 0 Å². The molecule has 1 amide bonds. The molecule has 2 aliphatic rings. The average Bonchev–Trinajstić information content (AvgIpc) is 3.53. The number of hydrogen-bond acceptors (Lipinski definition) is 8.